The van der Waals surface area contributed by atoms with Gasteiger partial charge in [-0.05, 0) is 25.7 Å². The van der Waals surface area contributed by atoms with Crippen molar-refractivity contribution in [2.45, 2.75) is 341 Å². The summed E-state index contributed by atoms with van der Waals surface area (Å²) in [5.74, 6) is 0.0449. The van der Waals surface area contributed by atoms with Gasteiger partial charge in [0.25, 0.3) is 0 Å². The molecule has 0 bridgehead atoms. The summed E-state index contributed by atoms with van der Waals surface area (Å²) >= 11 is 0. The highest BCUT2D eigenvalue weighted by molar-refractivity contribution is 5.69. The first-order valence-electron chi connectivity index (χ1n) is 28.5. The van der Waals surface area contributed by atoms with Gasteiger partial charge in [-0.25, -0.2) is 0 Å². The molecule has 364 valence electrons. The van der Waals surface area contributed by atoms with Gasteiger partial charge in [0.15, 0.2) is 0 Å². The molecule has 0 aliphatic heterocycles. The third kappa shape index (κ3) is 55.0. The Hall–Kier alpha value is -1.06. The zero-order valence-electron chi connectivity index (χ0n) is 42.1. The van der Waals surface area contributed by atoms with Crippen molar-refractivity contribution in [2.24, 2.45) is 0 Å². The number of esters is 2. The molecule has 0 N–H and O–H groups in total. The van der Waals surface area contributed by atoms with E-state index in [0.29, 0.717) is 26.1 Å². The minimum atomic E-state index is 0.0224. The third-order valence-corrected chi connectivity index (χ3v) is 13.3. The van der Waals surface area contributed by atoms with Crippen LogP contribution in [-0.2, 0) is 19.1 Å². The number of hydrogen-bond donors (Lipinski definition) is 0. The molecule has 0 aromatic carbocycles. The van der Waals surface area contributed by atoms with E-state index in [4.69, 9.17) is 9.47 Å². The molecular weight excluding hydrogens is 749 g/mol. The number of carbonyl (C=O) groups excluding carboxylic acids is 2. The fourth-order valence-electron chi connectivity index (χ4n) is 9.01. The molecule has 4 nitrogen and oxygen atoms in total. The lowest BCUT2D eigenvalue weighted by Gasteiger charge is -2.06. The topological polar surface area (TPSA) is 52.6 Å². The van der Waals surface area contributed by atoms with Crippen LogP contribution in [0.25, 0.3) is 0 Å². The minimum Gasteiger partial charge on any atom is -0.466 e. The Morgan fingerprint density at radius 2 is 0.361 bits per heavy atom. The van der Waals surface area contributed by atoms with Crippen molar-refractivity contribution < 1.29 is 19.1 Å². The Bertz CT molecular complexity index is 760. The highest BCUT2D eigenvalue weighted by Gasteiger charge is 2.05. The van der Waals surface area contributed by atoms with Crippen molar-refractivity contribution in [3.05, 3.63) is 0 Å². The maximum absolute atomic E-state index is 12.0. The number of hydrogen-bond acceptors (Lipinski definition) is 4. The van der Waals surface area contributed by atoms with Crippen LogP contribution >= 0.6 is 0 Å². The molecule has 0 heterocycles. The summed E-state index contributed by atoms with van der Waals surface area (Å²) in [6.45, 7) is 5.83. The summed E-state index contributed by atoms with van der Waals surface area (Å²) in [6, 6.07) is 0. The Morgan fingerprint density at radius 3 is 0.541 bits per heavy atom. The van der Waals surface area contributed by atoms with Gasteiger partial charge in [-0.3, -0.25) is 9.59 Å². The summed E-state index contributed by atoms with van der Waals surface area (Å²) in [5, 5.41) is 0. The summed E-state index contributed by atoms with van der Waals surface area (Å²) in [5.41, 5.74) is 0. The second kappa shape index (κ2) is 55.1. The molecule has 0 rings (SSSR count). The van der Waals surface area contributed by atoms with Crippen LogP contribution in [0.5, 0.6) is 0 Å². The van der Waals surface area contributed by atoms with Crippen molar-refractivity contribution in [2.75, 3.05) is 13.2 Å². The zero-order chi connectivity index (χ0) is 44.0. The molecule has 61 heavy (non-hydrogen) atoms. The Balaban J connectivity index is 3.18. The molecule has 0 aromatic rings. The van der Waals surface area contributed by atoms with E-state index in [0.717, 1.165) is 25.7 Å². The standard InChI is InChI=1S/C57H112O4/c1-3-5-7-9-11-13-15-17-30-34-38-42-46-50-54-60-56(58)52-48-44-40-36-32-28-26-24-22-20-19-21-23-25-27-29-33-37-41-45-49-53-57(59)61-55-51-47-43-39-35-31-18-16-14-12-10-8-6-4-2/h3-55H2,1-2H3. The second-order valence-corrected chi connectivity index (χ2v) is 19.6. The van der Waals surface area contributed by atoms with E-state index in [1.807, 2.05) is 0 Å². The number of ether oxygens (including phenoxy) is 2. The second-order valence-electron chi connectivity index (χ2n) is 19.6. The lowest BCUT2D eigenvalue weighted by molar-refractivity contribution is -0.144. The van der Waals surface area contributed by atoms with Crippen LogP contribution in [-0.4, -0.2) is 25.2 Å². The molecule has 0 aliphatic carbocycles. The highest BCUT2D eigenvalue weighted by atomic mass is 16.5. The van der Waals surface area contributed by atoms with Crippen LogP contribution in [0.1, 0.15) is 341 Å². The summed E-state index contributed by atoms with van der Waals surface area (Å²) in [6.07, 6.45) is 66.9. The third-order valence-electron chi connectivity index (χ3n) is 13.3. The fourth-order valence-corrected chi connectivity index (χ4v) is 9.01. The summed E-state index contributed by atoms with van der Waals surface area (Å²) in [4.78, 5) is 24.1. The average Bonchev–Trinajstić information content (AvgIpc) is 3.26. The number of carbonyl (C=O) groups is 2. The first-order chi connectivity index (χ1) is 30.2. The molecule has 0 aromatic heterocycles. The number of unbranched alkanes of at least 4 members (excludes halogenated alkanes) is 46. The van der Waals surface area contributed by atoms with Crippen LogP contribution in [0.4, 0.5) is 0 Å². The van der Waals surface area contributed by atoms with Gasteiger partial charge in [0.2, 0.25) is 0 Å². The first kappa shape index (κ1) is 59.9. The Kier molecular flexibility index (Phi) is 54.1. The molecule has 0 aliphatic rings. The Morgan fingerprint density at radius 1 is 0.213 bits per heavy atom. The molecule has 0 unspecified atom stereocenters. The van der Waals surface area contributed by atoms with E-state index in [2.05, 4.69) is 13.8 Å². The predicted molar refractivity (Wildman–Crippen MR) is 269 cm³/mol. The normalized spacial score (nSPS) is 11.4. The smallest absolute Gasteiger partial charge is 0.305 e. The largest absolute Gasteiger partial charge is 0.466 e. The fraction of sp³-hybridized carbons (Fsp3) is 0.965. The molecule has 0 fully saturated rings. The molecule has 0 amide bonds. The van der Waals surface area contributed by atoms with Crippen LogP contribution in [0.2, 0.25) is 0 Å². The van der Waals surface area contributed by atoms with E-state index < -0.39 is 0 Å². The van der Waals surface area contributed by atoms with E-state index in [9.17, 15) is 9.59 Å². The van der Waals surface area contributed by atoms with Gasteiger partial charge in [-0.1, -0.05) is 303 Å². The van der Waals surface area contributed by atoms with Gasteiger partial charge in [0.05, 0.1) is 13.2 Å². The van der Waals surface area contributed by atoms with Gasteiger partial charge < -0.3 is 9.47 Å². The molecule has 4 heteroatoms. The molecule has 0 saturated carbocycles. The summed E-state index contributed by atoms with van der Waals surface area (Å²) < 4.78 is 11.0. The maximum Gasteiger partial charge on any atom is 0.305 e. The van der Waals surface area contributed by atoms with Crippen LogP contribution in [0.3, 0.4) is 0 Å². The van der Waals surface area contributed by atoms with Crippen LogP contribution in [0.15, 0.2) is 0 Å². The van der Waals surface area contributed by atoms with E-state index in [1.165, 1.54) is 289 Å². The molecular formula is C57H112O4. The van der Waals surface area contributed by atoms with Gasteiger partial charge in [-0.2, -0.15) is 0 Å². The van der Waals surface area contributed by atoms with Gasteiger partial charge in [0.1, 0.15) is 0 Å². The van der Waals surface area contributed by atoms with Crippen molar-refractivity contribution in [1.29, 1.82) is 0 Å². The zero-order valence-corrected chi connectivity index (χ0v) is 42.1. The van der Waals surface area contributed by atoms with Crippen molar-refractivity contribution in [3.63, 3.8) is 0 Å². The number of rotatable bonds is 54. The quantitative estimate of drug-likeness (QED) is 0.0452. The molecule has 0 atom stereocenters. The summed E-state index contributed by atoms with van der Waals surface area (Å²) in [7, 11) is 0. The van der Waals surface area contributed by atoms with Crippen molar-refractivity contribution >= 4 is 11.9 Å². The van der Waals surface area contributed by atoms with Crippen LogP contribution in [0, 0.1) is 0 Å². The van der Waals surface area contributed by atoms with Gasteiger partial charge in [0, 0.05) is 12.8 Å². The molecule has 0 saturated heterocycles. The first-order valence-corrected chi connectivity index (χ1v) is 28.5. The lowest BCUT2D eigenvalue weighted by atomic mass is 10.0. The average molecular weight is 862 g/mol. The molecule has 0 spiro atoms. The maximum atomic E-state index is 12.0. The molecule has 0 radical (unpaired) electrons. The monoisotopic (exact) mass is 861 g/mol. The van der Waals surface area contributed by atoms with E-state index in [-0.39, 0.29) is 11.9 Å². The lowest BCUT2D eigenvalue weighted by Crippen LogP contribution is -2.05. The van der Waals surface area contributed by atoms with Crippen molar-refractivity contribution in [1.82, 2.24) is 0 Å². The minimum absolute atomic E-state index is 0.0224. The van der Waals surface area contributed by atoms with Gasteiger partial charge >= 0.3 is 11.9 Å². The SMILES string of the molecule is CCCCCCCCCCCCCCCCOC(=O)CCCCCCCCCCCCCCCCCCCCCCCC(=O)OCCCCCCCCCCCCCCCC. The predicted octanol–water partition coefficient (Wildman–Crippen LogP) is 20.0. The van der Waals surface area contributed by atoms with Crippen LogP contribution < -0.4 is 0 Å². The van der Waals surface area contributed by atoms with Crippen molar-refractivity contribution in [3.8, 4) is 0 Å². The van der Waals surface area contributed by atoms with Gasteiger partial charge in [-0.15, -0.1) is 0 Å². The highest BCUT2D eigenvalue weighted by Crippen LogP contribution is 2.18. The van der Waals surface area contributed by atoms with E-state index in [1.54, 1.807) is 0 Å². The Labute approximate surface area is 384 Å². The van der Waals surface area contributed by atoms with E-state index >= 15 is 0 Å².